The maximum atomic E-state index is 12.1. The molecule has 3 aromatic rings. The van der Waals surface area contributed by atoms with E-state index < -0.39 is 0 Å². The molecule has 0 spiro atoms. The molecule has 0 radical (unpaired) electrons. The molecule has 0 fully saturated rings. The van der Waals surface area contributed by atoms with E-state index in [0.717, 1.165) is 11.3 Å². The molecule has 1 aromatic heterocycles. The highest BCUT2D eigenvalue weighted by Crippen LogP contribution is 2.25. The Labute approximate surface area is 133 Å². The Kier molecular flexibility index (Phi) is 4.17. The van der Waals surface area contributed by atoms with Crippen LogP contribution in [-0.4, -0.2) is 10.9 Å². The van der Waals surface area contributed by atoms with Gasteiger partial charge >= 0.3 is 0 Å². The summed E-state index contributed by atoms with van der Waals surface area (Å²) in [6.07, 6.45) is 0. The van der Waals surface area contributed by atoms with Crippen LogP contribution in [0.3, 0.4) is 0 Å². The van der Waals surface area contributed by atoms with Crippen molar-refractivity contribution in [3.05, 3.63) is 83.5 Å². The van der Waals surface area contributed by atoms with Gasteiger partial charge in [0.1, 0.15) is 0 Å². The van der Waals surface area contributed by atoms with Crippen molar-refractivity contribution >= 4 is 23.2 Å². The van der Waals surface area contributed by atoms with E-state index in [1.807, 2.05) is 54.6 Å². The van der Waals surface area contributed by atoms with Gasteiger partial charge in [0.05, 0.1) is 11.4 Å². The van der Waals surface area contributed by atoms with Gasteiger partial charge in [0, 0.05) is 11.1 Å². The van der Waals surface area contributed by atoms with E-state index in [0.29, 0.717) is 11.3 Å². The number of amides is 1. The Hall–Kier alpha value is -2.65. The predicted octanol–water partition coefficient (Wildman–Crippen LogP) is 4.65. The zero-order valence-corrected chi connectivity index (χ0v) is 12.4. The van der Waals surface area contributed by atoms with Gasteiger partial charge in [-0.25, -0.2) is 4.98 Å². The van der Waals surface area contributed by atoms with E-state index >= 15 is 0 Å². The molecular weight excluding hydrogens is 296 g/mol. The molecule has 1 N–H and O–H groups in total. The minimum Gasteiger partial charge on any atom is -0.319 e. The number of nitrogens with zero attached hydrogens (tertiary/aromatic N) is 1. The van der Waals surface area contributed by atoms with Crippen LogP contribution in [0.15, 0.2) is 72.8 Å². The molecule has 4 heteroatoms. The molecule has 0 aliphatic carbocycles. The normalized spacial score (nSPS) is 10.2. The molecule has 108 valence electrons. The van der Waals surface area contributed by atoms with Crippen LogP contribution in [0, 0.1) is 0 Å². The standard InChI is InChI=1S/C18H13ClN2O/c19-17-16(21-18(22)14-9-5-2-6-10-14)12-11-15(20-17)13-7-3-1-4-8-13/h1-12H,(H,21,22). The van der Waals surface area contributed by atoms with E-state index in [1.165, 1.54) is 0 Å². The molecule has 0 aliphatic heterocycles. The van der Waals surface area contributed by atoms with Crippen LogP contribution in [0.2, 0.25) is 5.15 Å². The van der Waals surface area contributed by atoms with Crippen molar-refractivity contribution < 1.29 is 4.79 Å². The number of hydrogen-bond donors (Lipinski definition) is 1. The maximum Gasteiger partial charge on any atom is 0.255 e. The van der Waals surface area contributed by atoms with Crippen molar-refractivity contribution in [3.63, 3.8) is 0 Å². The van der Waals surface area contributed by atoms with Crippen molar-refractivity contribution in [1.29, 1.82) is 0 Å². The number of anilines is 1. The summed E-state index contributed by atoms with van der Waals surface area (Å²) in [6, 6.07) is 22.3. The second kappa shape index (κ2) is 6.41. The molecule has 1 amide bonds. The molecule has 1 heterocycles. The average molecular weight is 309 g/mol. The highest BCUT2D eigenvalue weighted by Gasteiger charge is 2.10. The smallest absolute Gasteiger partial charge is 0.255 e. The molecule has 3 rings (SSSR count). The fourth-order valence-electron chi connectivity index (χ4n) is 2.08. The lowest BCUT2D eigenvalue weighted by molar-refractivity contribution is 0.102. The first kappa shape index (κ1) is 14.3. The third-order valence-corrected chi connectivity index (χ3v) is 3.49. The Morgan fingerprint density at radius 3 is 2.14 bits per heavy atom. The van der Waals surface area contributed by atoms with Gasteiger partial charge in [-0.05, 0) is 24.3 Å². The van der Waals surface area contributed by atoms with Gasteiger partial charge in [-0.1, -0.05) is 60.1 Å². The minimum absolute atomic E-state index is 0.211. The molecule has 0 saturated carbocycles. The molecule has 0 saturated heterocycles. The summed E-state index contributed by atoms with van der Waals surface area (Å²) in [7, 11) is 0. The van der Waals surface area contributed by atoms with Crippen LogP contribution in [0.25, 0.3) is 11.3 Å². The SMILES string of the molecule is O=C(Nc1ccc(-c2ccccc2)nc1Cl)c1ccccc1. The Morgan fingerprint density at radius 1 is 0.864 bits per heavy atom. The molecule has 3 nitrogen and oxygen atoms in total. The van der Waals surface area contributed by atoms with Crippen LogP contribution in [0.1, 0.15) is 10.4 Å². The van der Waals surface area contributed by atoms with Crippen molar-refractivity contribution in [1.82, 2.24) is 4.98 Å². The molecule has 0 unspecified atom stereocenters. The number of carbonyl (C=O) groups excluding carboxylic acids is 1. The van der Waals surface area contributed by atoms with Gasteiger partial charge in [-0.3, -0.25) is 4.79 Å². The number of nitrogens with one attached hydrogen (secondary N) is 1. The van der Waals surface area contributed by atoms with E-state index in [1.54, 1.807) is 18.2 Å². The monoisotopic (exact) mass is 308 g/mol. The van der Waals surface area contributed by atoms with Gasteiger partial charge in [0.2, 0.25) is 0 Å². The first-order valence-electron chi connectivity index (χ1n) is 6.82. The first-order chi connectivity index (χ1) is 10.7. The van der Waals surface area contributed by atoms with Crippen molar-refractivity contribution in [2.24, 2.45) is 0 Å². The van der Waals surface area contributed by atoms with Crippen LogP contribution in [-0.2, 0) is 0 Å². The molecule has 2 aromatic carbocycles. The van der Waals surface area contributed by atoms with E-state index in [9.17, 15) is 4.79 Å². The summed E-state index contributed by atoms with van der Waals surface area (Å²) in [6.45, 7) is 0. The number of aromatic nitrogens is 1. The molecule has 0 bridgehead atoms. The summed E-state index contributed by atoms with van der Waals surface area (Å²) in [4.78, 5) is 16.5. The van der Waals surface area contributed by atoms with Gasteiger partial charge in [-0.15, -0.1) is 0 Å². The summed E-state index contributed by atoms with van der Waals surface area (Å²) in [5.41, 5.74) is 2.81. The van der Waals surface area contributed by atoms with Crippen LogP contribution >= 0.6 is 11.6 Å². The number of rotatable bonds is 3. The lowest BCUT2D eigenvalue weighted by Crippen LogP contribution is -2.12. The molecular formula is C18H13ClN2O. The Bertz CT molecular complexity index is 789. The van der Waals surface area contributed by atoms with Gasteiger partial charge < -0.3 is 5.32 Å². The number of carbonyl (C=O) groups is 1. The number of pyridine rings is 1. The fourth-order valence-corrected chi connectivity index (χ4v) is 2.28. The summed E-state index contributed by atoms with van der Waals surface area (Å²) >= 11 is 6.18. The van der Waals surface area contributed by atoms with Crippen LogP contribution < -0.4 is 5.32 Å². The third kappa shape index (κ3) is 3.15. The molecule has 0 atom stereocenters. The van der Waals surface area contributed by atoms with E-state index in [-0.39, 0.29) is 11.1 Å². The lowest BCUT2D eigenvalue weighted by atomic mass is 10.1. The van der Waals surface area contributed by atoms with Crippen LogP contribution in [0.5, 0.6) is 0 Å². The van der Waals surface area contributed by atoms with E-state index in [2.05, 4.69) is 10.3 Å². The predicted molar refractivity (Wildman–Crippen MR) is 89.1 cm³/mol. The largest absolute Gasteiger partial charge is 0.319 e. The Morgan fingerprint density at radius 2 is 1.50 bits per heavy atom. The van der Waals surface area contributed by atoms with Crippen LogP contribution in [0.4, 0.5) is 5.69 Å². The minimum atomic E-state index is -0.211. The first-order valence-corrected chi connectivity index (χ1v) is 7.20. The second-order valence-electron chi connectivity index (χ2n) is 4.72. The van der Waals surface area contributed by atoms with Crippen molar-refractivity contribution in [2.45, 2.75) is 0 Å². The number of halogens is 1. The highest BCUT2D eigenvalue weighted by atomic mass is 35.5. The zero-order valence-electron chi connectivity index (χ0n) is 11.7. The summed E-state index contributed by atoms with van der Waals surface area (Å²) in [5.74, 6) is -0.211. The average Bonchev–Trinajstić information content (AvgIpc) is 2.58. The lowest BCUT2D eigenvalue weighted by Gasteiger charge is -2.08. The van der Waals surface area contributed by atoms with Gasteiger partial charge in [0.25, 0.3) is 5.91 Å². The zero-order chi connectivity index (χ0) is 15.4. The van der Waals surface area contributed by atoms with E-state index in [4.69, 9.17) is 11.6 Å². The van der Waals surface area contributed by atoms with Gasteiger partial charge in [0.15, 0.2) is 5.15 Å². The second-order valence-corrected chi connectivity index (χ2v) is 5.08. The highest BCUT2D eigenvalue weighted by molar-refractivity contribution is 6.32. The molecule has 22 heavy (non-hydrogen) atoms. The topological polar surface area (TPSA) is 42.0 Å². The number of benzene rings is 2. The number of hydrogen-bond acceptors (Lipinski definition) is 2. The Balaban J connectivity index is 1.83. The summed E-state index contributed by atoms with van der Waals surface area (Å²) in [5, 5.41) is 3.04. The fraction of sp³-hybridized carbons (Fsp3) is 0. The van der Waals surface area contributed by atoms with Crippen molar-refractivity contribution in [3.8, 4) is 11.3 Å². The van der Waals surface area contributed by atoms with Gasteiger partial charge in [-0.2, -0.15) is 0 Å². The maximum absolute atomic E-state index is 12.1. The summed E-state index contributed by atoms with van der Waals surface area (Å²) < 4.78 is 0. The van der Waals surface area contributed by atoms with Crippen molar-refractivity contribution in [2.75, 3.05) is 5.32 Å². The molecule has 0 aliphatic rings. The quantitative estimate of drug-likeness (QED) is 0.715. The third-order valence-electron chi connectivity index (χ3n) is 3.20.